The fourth-order valence-corrected chi connectivity index (χ4v) is 4.77. The first-order valence-electron chi connectivity index (χ1n) is 10.4. The van der Waals surface area contributed by atoms with Crippen molar-refractivity contribution < 1.29 is 26.7 Å². The predicted octanol–water partition coefficient (Wildman–Crippen LogP) is 2.12. The van der Waals surface area contributed by atoms with Crippen molar-refractivity contribution in [1.29, 1.82) is 0 Å². The van der Waals surface area contributed by atoms with Crippen LogP contribution < -0.4 is 5.32 Å². The van der Waals surface area contributed by atoms with Crippen molar-refractivity contribution in [3.05, 3.63) is 65.2 Å². The van der Waals surface area contributed by atoms with Crippen molar-refractivity contribution in [3.8, 4) is 0 Å². The van der Waals surface area contributed by atoms with Crippen LogP contribution in [0.5, 0.6) is 0 Å². The summed E-state index contributed by atoms with van der Waals surface area (Å²) < 4.78 is 59.6. The Labute approximate surface area is 187 Å². The summed E-state index contributed by atoms with van der Waals surface area (Å²) in [5.74, 6) is -1.58. The molecule has 0 atom stereocenters. The predicted molar refractivity (Wildman–Crippen MR) is 115 cm³/mol. The van der Waals surface area contributed by atoms with Crippen LogP contribution in [-0.2, 0) is 32.6 Å². The minimum absolute atomic E-state index is 0.0173. The third kappa shape index (κ3) is 6.10. The number of ether oxygens (including phenoxy) is 1. The molecular formula is C22H27F2N3O4S. The standard InChI is InChI=1S/C22H27F2N3O4S/c1-2-26(15-19-20(23)4-3-5-21(19)24)16-22(28)25-14-17-6-8-18(9-7-17)32(29,30)27-10-12-31-13-11-27/h3-9H,2,10-16H2,1H3,(H,25,28). The van der Waals surface area contributed by atoms with E-state index < -0.39 is 21.7 Å². The van der Waals surface area contributed by atoms with E-state index in [-0.39, 0.29) is 36.0 Å². The number of amides is 1. The monoisotopic (exact) mass is 467 g/mol. The van der Waals surface area contributed by atoms with Gasteiger partial charge in [-0.1, -0.05) is 25.1 Å². The molecule has 0 spiro atoms. The van der Waals surface area contributed by atoms with Gasteiger partial charge < -0.3 is 10.1 Å². The highest BCUT2D eigenvalue weighted by molar-refractivity contribution is 7.89. The third-order valence-electron chi connectivity index (χ3n) is 5.28. The molecule has 0 saturated carbocycles. The van der Waals surface area contributed by atoms with Gasteiger partial charge in [-0.2, -0.15) is 4.31 Å². The summed E-state index contributed by atoms with van der Waals surface area (Å²) in [5, 5.41) is 2.76. The molecule has 1 fully saturated rings. The quantitative estimate of drug-likeness (QED) is 0.611. The number of likely N-dealkylation sites (N-methyl/N-ethyl adjacent to an activating group) is 1. The Hall–Kier alpha value is -2.40. The summed E-state index contributed by atoms with van der Waals surface area (Å²) >= 11 is 0. The number of hydrogen-bond donors (Lipinski definition) is 1. The lowest BCUT2D eigenvalue weighted by atomic mass is 10.2. The number of sulfonamides is 1. The van der Waals surface area contributed by atoms with Gasteiger partial charge in [-0.05, 0) is 36.4 Å². The zero-order valence-electron chi connectivity index (χ0n) is 17.9. The molecule has 7 nitrogen and oxygen atoms in total. The molecule has 32 heavy (non-hydrogen) atoms. The Morgan fingerprint density at radius 3 is 2.31 bits per heavy atom. The highest BCUT2D eigenvalue weighted by Gasteiger charge is 2.26. The highest BCUT2D eigenvalue weighted by atomic mass is 32.2. The van der Waals surface area contributed by atoms with E-state index in [1.807, 2.05) is 0 Å². The van der Waals surface area contributed by atoms with Crippen molar-refractivity contribution >= 4 is 15.9 Å². The first-order chi connectivity index (χ1) is 15.3. The number of morpholine rings is 1. The minimum Gasteiger partial charge on any atom is -0.379 e. The van der Waals surface area contributed by atoms with Crippen molar-refractivity contribution in [3.63, 3.8) is 0 Å². The molecule has 2 aromatic rings. The van der Waals surface area contributed by atoms with Gasteiger partial charge in [0.2, 0.25) is 15.9 Å². The zero-order valence-corrected chi connectivity index (χ0v) is 18.7. The fourth-order valence-electron chi connectivity index (χ4n) is 3.36. The highest BCUT2D eigenvalue weighted by Crippen LogP contribution is 2.18. The number of hydrogen-bond acceptors (Lipinski definition) is 5. The first-order valence-corrected chi connectivity index (χ1v) is 11.8. The van der Waals surface area contributed by atoms with Crippen molar-refractivity contribution in [2.45, 2.75) is 24.9 Å². The molecule has 10 heteroatoms. The number of nitrogens with zero attached hydrogens (tertiary/aromatic N) is 2. The SMILES string of the molecule is CCN(CC(=O)NCc1ccc(S(=O)(=O)N2CCOCC2)cc1)Cc1c(F)cccc1F. The molecule has 3 rings (SSSR count). The lowest BCUT2D eigenvalue weighted by Gasteiger charge is -2.26. The van der Waals surface area contributed by atoms with E-state index in [0.717, 1.165) is 5.56 Å². The molecule has 1 N–H and O–H groups in total. The van der Waals surface area contributed by atoms with Crippen LogP contribution in [0, 0.1) is 11.6 Å². The van der Waals surface area contributed by atoms with Crippen LogP contribution in [0.3, 0.4) is 0 Å². The molecule has 2 aromatic carbocycles. The average molecular weight is 468 g/mol. The molecule has 1 aliphatic rings. The Kier molecular flexibility index (Phi) is 8.30. The van der Waals surface area contributed by atoms with E-state index in [1.54, 1.807) is 24.0 Å². The summed E-state index contributed by atoms with van der Waals surface area (Å²) in [5.41, 5.74) is 0.668. The number of halogens is 2. The maximum atomic E-state index is 13.9. The Bertz CT molecular complexity index is 1010. The van der Waals surface area contributed by atoms with Crippen LogP contribution in [-0.4, -0.2) is 62.9 Å². The normalized spacial score (nSPS) is 15.1. The number of carbonyl (C=O) groups excluding carboxylic acids is 1. The summed E-state index contributed by atoms with van der Waals surface area (Å²) in [6, 6.07) is 10.0. The minimum atomic E-state index is -3.57. The maximum Gasteiger partial charge on any atom is 0.243 e. The number of carbonyl (C=O) groups is 1. The van der Waals surface area contributed by atoms with Gasteiger partial charge in [0, 0.05) is 31.7 Å². The Morgan fingerprint density at radius 2 is 1.72 bits per heavy atom. The summed E-state index contributed by atoms with van der Waals surface area (Å²) in [6.07, 6.45) is 0. The van der Waals surface area contributed by atoms with Gasteiger partial charge in [-0.25, -0.2) is 17.2 Å². The van der Waals surface area contributed by atoms with Gasteiger partial charge >= 0.3 is 0 Å². The molecule has 174 valence electrons. The maximum absolute atomic E-state index is 13.9. The van der Waals surface area contributed by atoms with Crippen LogP contribution in [0.1, 0.15) is 18.1 Å². The smallest absolute Gasteiger partial charge is 0.243 e. The summed E-state index contributed by atoms with van der Waals surface area (Å²) in [7, 11) is -3.57. The molecule has 0 aliphatic carbocycles. The number of nitrogens with one attached hydrogen (secondary N) is 1. The van der Waals surface area contributed by atoms with Crippen LogP contribution in [0.2, 0.25) is 0 Å². The topological polar surface area (TPSA) is 79.0 Å². The van der Waals surface area contributed by atoms with Crippen LogP contribution in [0.15, 0.2) is 47.4 Å². The van der Waals surface area contributed by atoms with E-state index in [4.69, 9.17) is 4.74 Å². The van der Waals surface area contributed by atoms with Crippen molar-refractivity contribution in [1.82, 2.24) is 14.5 Å². The number of rotatable bonds is 9. The molecule has 1 heterocycles. The van der Waals surface area contributed by atoms with Crippen molar-refractivity contribution in [2.24, 2.45) is 0 Å². The van der Waals surface area contributed by atoms with Gasteiger partial charge in [-0.3, -0.25) is 9.69 Å². The van der Waals surface area contributed by atoms with Gasteiger partial charge in [0.05, 0.1) is 24.7 Å². The van der Waals surface area contributed by atoms with E-state index in [9.17, 15) is 22.0 Å². The second-order valence-electron chi connectivity index (χ2n) is 7.44. The lowest BCUT2D eigenvalue weighted by Crippen LogP contribution is -2.40. The van der Waals surface area contributed by atoms with Gasteiger partial charge in [0.25, 0.3) is 0 Å². The Morgan fingerprint density at radius 1 is 1.09 bits per heavy atom. The second-order valence-corrected chi connectivity index (χ2v) is 9.38. The molecule has 0 radical (unpaired) electrons. The average Bonchev–Trinajstić information content (AvgIpc) is 2.80. The molecule has 1 saturated heterocycles. The molecule has 1 amide bonds. The second kappa shape index (κ2) is 11.0. The fraction of sp³-hybridized carbons (Fsp3) is 0.409. The number of benzene rings is 2. The third-order valence-corrected chi connectivity index (χ3v) is 7.19. The molecular weight excluding hydrogens is 440 g/mol. The summed E-state index contributed by atoms with van der Waals surface area (Å²) in [4.78, 5) is 14.2. The summed E-state index contributed by atoms with van der Waals surface area (Å²) in [6.45, 7) is 3.82. The van der Waals surface area contributed by atoms with Crippen LogP contribution in [0.25, 0.3) is 0 Å². The molecule has 0 bridgehead atoms. The molecule has 0 unspecified atom stereocenters. The first kappa shape index (κ1) is 24.2. The lowest BCUT2D eigenvalue weighted by molar-refractivity contribution is -0.122. The Balaban J connectivity index is 1.54. The van der Waals surface area contributed by atoms with Gasteiger partial charge in [-0.15, -0.1) is 0 Å². The largest absolute Gasteiger partial charge is 0.379 e. The van der Waals surface area contributed by atoms with Crippen LogP contribution in [0.4, 0.5) is 8.78 Å². The van der Waals surface area contributed by atoms with E-state index in [2.05, 4.69) is 5.32 Å². The van der Waals surface area contributed by atoms with Gasteiger partial charge in [0.1, 0.15) is 11.6 Å². The van der Waals surface area contributed by atoms with Crippen LogP contribution >= 0.6 is 0 Å². The van der Waals surface area contributed by atoms with E-state index >= 15 is 0 Å². The van der Waals surface area contributed by atoms with Gasteiger partial charge in [0.15, 0.2) is 0 Å². The van der Waals surface area contributed by atoms with Crippen molar-refractivity contribution in [2.75, 3.05) is 39.4 Å². The van der Waals surface area contributed by atoms with E-state index in [0.29, 0.717) is 32.8 Å². The molecule has 0 aromatic heterocycles. The van der Waals surface area contributed by atoms with E-state index in [1.165, 1.54) is 34.6 Å². The zero-order chi connectivity index (χ0) is 23.1. The molecule has 1 aliphatic heterocycles.